The smallest absolute Gasteiger partial charge is 0.339 e. The third kappa shape index (κ3) is 4.40. The molecule has 1 aliphatic heterocycles. The number of fused-ring (bicyclic) bond motifs is 1. The molecule has 1 aliphatic rings. The summed E-state index contributed by atoms with van der Waals surface area (Å²) in [6, 6.07) is 20.8. The largest absolute Gasteiger partial charge is 0.485 e. The van der Waals surface area contributed by atoms with Crippen LogP contribution in [0.3, 0.4) is 0 Å². The number of aromatic nitrogens is 4. The number of ether oxygens (including phenoxy) is 3. The quantitative estimate of drug-likeness (QED) is 0.389. The molecule has 0 N–H and O–H groups in total. The highest BCUT2D eigenvalue weighted by atomic mass is 32.2. The molecule has 4 aromatic rings. The fourth-order valence-corrected chi connectivity index (χ4v) is 4.19. The van der Waals surface area contributed by atoms with E-state index < -0.39 is 12.1 Å². The van der Waals surface area contributed by atoms with Gasteiger partial charge in [0.2, 0.25) is 5.16 Å². The van der Waals surface area contributed by atoms with Crippen molar-refractivity contribution < 1.29 is 19.0 Å². The highest BCUT2D eigenvalue weighted by Crippen LogP contribution is 2.37. The Morgan fingerprint density at radius 3 is 2.61 bits per heavy atom. The molecule has 0 saturated carbocycles. The summed E-state index contributed by atoms with van der Waals surface area (Å²) in [5, 5.41) is 10.1. The Labute approximate surface area is 194 Å². The lowest BCUT2D eigenvalue weighted by Gasteiger charge is -2.26. The zero-order valence-corrected chi connectivity index (χ0v) is 18.6. The normalized spacial score (nSPS) is 14.6. The van der Waals surface area contributed by atoms with Crippen molar-refractivity contribution in [3.8, 4) is 17.2 Å². The van der Waals surface area contributed by atoms with Gasteiger partial charge in [-0.15, -0.1) is 10.2 Å². The number of para-hydroxylation sites is 3. The van der Waals surface area contributed by atoms with Gasteiger partial charge < -0.3 is 14.2 Å². The van der Waals surface area contributed by atoms with Crippen molar-refractivity contribution in [2.24, 2.45) is 0 Å². The standard InChI is InChI=1S/C24H20N4O4S/c1-2-30-23(29)16-12-13-21(25-14-16)33-24-27-26-22(28(24)17-8-4-3-5-9-17)20-15-31-18-10-6-7-11-19(18)32-20/h3-14,20H,2,15H2,1H3. The summed E-state index contributed by atoms with van der Waals surface area (Å²) < 4.78 is 19.0. The molecule has 0 radical (unpaired) electrons. The van der Waals surface area contributed by atoms with Gasteiger partial charge in [-0.1, -0.05) is 30.3 Å². The van der Waals surface area contributed by atoms with E-state index in [1.807, 2.05) is 59.2 Å². The SMILES string of the molecule is CCOC(=O)c1ccc(Sc2nnc(C3COc4ccccc4O3)n2-c2ccccc2)nc1. The molecule has 33 heavy (non-hydrogen) atoms. The van der Waals surface area contributed by atoms with Gasteiger partial charge in [0.1, 0.15) is 11.6 Å². The zero-order chi connectivity index (χ0) is 22.6. The first kappa shape index (κ1) is 21.0. The van der Waals surface area contributed by atoms with Crippen LogP contribution in [0.2, 0.25) is 0 Å². The van der Waals surface area contributed by atoms with Crippen molar-refractivity contribution in [3.63, 3.8) is 0 Å². The minimum atomic E-state index is -0.430. The Hall–Kier alpha value is -3.85. The topological polar surface area (TPSA) is 88.4 Å². The minimum absolute atomic E-state index is 0.315. The van der Waals surface area contributed by atoms with Crippen molar-refractivity contribution in [1.29, 1.82) is 0 Å². The van der Waals surface area contributed by atoms with Crippen LogP contribution in [0.4, 0.5) is 0 Å². The van der Waals surface area contributed by atoms with Crippen LogP contribution in [-0.4, -0.2) is 38.9 Å². The van der Waals surface area contributed by atoms with Gasteiger partial charge in [-0.2, -0.15) is 0 Å². The molecule has 0 spiro atoms. The summed E-state index contributed by atoms with van der Waals surface area (Å²) in [4.78, 5) is 16.3. The Morgan fingerprint density at radius 2 is 1.85 bits per heavy atom. The van der Waals surface area contributed by atoms with E-state index in [0.29, 0.717) is 46.3 Å². The number of carbonyl (C=O) groups excluding carboxylic acids is 1. The van der Waals surface area contributed by atoms with Gasteiger partial charge in [0.05, 0.1) is 12.2 Å². The molecule has 0 saturated heterocycles. The summed E-state index contributed by atoms with van der Waals surface area (Å²) >= 11 is 1.34. The second kappa shape index (κ2) is 9.33. The van der Waals surface area contributed by atoms with Crippen LogP contribution >= 0.6 is 11.8 Å². The Kier molecular flexibility index (Phi) is 5.95. The zero-order valence-electron chi connectivity index (χ0n) is 17.7. The van der Waals surface area contributed by atoms with Gasteiger partial charge in [0, 0.05) is 11.9 Å². The van der Waals surface area contributed by atoms with Gasteiger partial charge in [-0.3, -0.25) is 4.57 Å². The maximum Gasteiger partial charge on any atom is 0.339 e. The van der Waals surface area contributed by atoms with Gasteiger partial charge in [0.15, 0.2) is 23.4 Å². The molecule has 1 unspecified atom stereocenters. The third-order valence-electron chi connectivity index (χ3n) is 4.91. The van der Waals surface area contributed by atoms with E-state index in [4.69, 9.17) is 14.2 Å². The molecule has 0 aliphatic carbocycles. The summed E-state index contributed by atoms with van der Waals surface area (Å²) in [7, 11) is 0. The van der Waals surface area contributed by atoms with E-state index in [1.165, 1.54) is 18.0 Å². The molecular weight excluding hydrogens is 440 g/mol. The van der Waals surface area contributed by atoms with Crippen molar-refractivity contribution in [2.75, 3.05) is 13.2 Å². The molecule has 9 heteroatoms. The molecule has 0 fully saturated rings. The second-order valence-corrected chi connectivity index (χ2v) is 8.07. The van der Waals surface area contributed by atoms with Crippen LogP contribution in [0.5, 0.6) is 11.5 Å². The number of nitrogens with zero attached hydrogens (tertiary/aromatic N) is 4. The Balaban J connectivity index is 1.46. The van der Waals surface area contributed by atoms with E-state index in [1.54, 1.807) is 19.1 Å². The lowest BCUT2D eigenvalue weighted by molar-refractivity contribution is 0.0525. The second-order valence-electron chi connectivity index (χ2n) is 7.08. The number of carbonyl (C=O) groups is 1. The van der Waals surface area contributed by atoms with E-state index in [2.05, 4.69) is 15.2 Å². The highest BCUT2D eigenvalue weighted by molar-refractivity contribution is 7.99. The van der Waals surface area contributed by atoms with Crippen LogP contribution in [0.25, 0.3) is 5.69 Å². The van der Waals surface area contributed by atoms with Gasteiger partial charge in [-0.25, -0.2) is 9.78 Å². The molecule has 0 bridgehead atoms. The molecule has 3 heterocycles. The Morgan fingerprint density at radius 1 is 1.06 bits per heavy atom. The molecule has 1 atom stereocenters. The van der Waals surface area contributed by atoms with Crippen LogP contribution in [0, 0.1) is 0 Å². The fraction of sp³-hybridized carbons (Fsp3) is 0.167. The number of rotatable bonds is 6. The number of pyridine rings is 1. The lowest BCUT2D eigenvalue weighted by Crippen LogP contribution is -2.24. The van der Waals surface area contributed by atoms with Crippen molar-refractivity contribution >= 4 is 17.7 Å². The maximum absolute atomic E-state index is 11.9. The summed E-state index contributed by atoms with van der Waals surface area (Å²) in [6.07, 6.45) is 1.07. The van der Waals surface area contributed by atoms with Crippen LogP contribution in [0.1, 0.15) is 29.2 Å². The molecule has 8 nitrogen and oxygen atoms in total. The lowest BCUT2D eigenvalue weighted by atomic mass is 10.2. The van der Waals surface area contributed by atoms with Crippen molar-refractivity contribution in [2.45, 2.75) is 23.2 Å². The summed E-state index contributed by atoms with van der Waals surface area (Å²) in [6.45, 7) is 2.40. The number of esters is 1. The van der Waals surface area contributed by atoms with E-state index in [0.717, 1.165) is 5.69 Å². The first-order chi connectivity index (χ1) is 16.2. The maximum atomic E-state index is 11.9. The first-order valence-corrected chi connectivity index (χ1v) is 11.2. The van der Waals surface area contributed by atoms with Crippen molar-refractivity contribution in [3.05, 3.63) is 84.3 Å². The first-order valence-electron chi connectivity index (χ1n) is 10.4. The van der Waals surface area contributed by atoms with Crippen LogP contribution in [-0.2, 0) is 4.74 Å². The van der Waals surface area contributed by atoms with E-state index in [-0.39, 0.29) is 0 Å². The van der Waals surface area contributed by atoms with Gasteiger partial charge >= 0.3 is 5.97 Å². The fourth-order valence-electron chi connectivity index (χ4n) is 3.39. The molecule has 166 valence electrons. The number of hydrogen-bond acceptors (Lipinski definition) is 8. The van der Waals surface area contributed by atoms with E-state index in [9.17, 15) is 4.79 Å². The molecule has 2 aromatic carbocycles. The average molecular weight is 461 g/mol. The van der Waals surface area contributed by atoms with Crippen LogP contribution in [0.15, 0.2) is 83.1 Å². The molecular formula is C24H20N4O4S. The summed E-state index contributed by atoms with van der Waals surface area (Å²) in [5.74, 6) is 1.61. The Bertz CT molecular complexity index is 1260. The highest BCUT2D eigenvalue weighted by Gasteiger charge is 2.29. The molecule has 5 rings (SSSR count). The predicted octanol–water partition coefficient (Wildman–Crippen LogP) is 4.50. The van der Waals surface area contributed by atoms with Gasteiger partial charge in [-0.05, 0) is 55.1 Å². The van der Waals surface area contributed by atoms with Gasteiger partial charge in [0.25, 0.3) is 0 Å². The third-order valence-corrected chi connectivity index (χ3v) is 5.81. The minimum Gasteiger partial charge on any atom is -0.485 e. The van der Waals surface area contributed by atoms with Crippen LogP contribution < -0.4 is 9.47 Å². The predicted molar refractivity (Wildman–Crippen MR) is 121 cm³/mol. The summed E-state index contributed by atoms with van der Waals surface area (Å²) in [5.41, 5.74) is 1.29. The number of benzene rings is 2. The average Bonchev–Trinajstić information content (AvgIpc) is 3.28. The molecule has 0 amide bonds. The van der Waals surface area contributed by atoms with Crippen molar-refractivity contribution in [1.82, 2.24) is 19.7 Å². The number of hydrogen-bond donors (Lipinski definition) is 0. The van der Waals surface area contributed by atoms with E-state index >= 15 is 0 Å². The molecule has 2 aromatic heterocycles. The monoisotopic (exact) mass is 460 g/mol.